The number of nitro benzene ring substituents is 1. The normalized spacial score (nSPS) is 11.5. The molecule has 0 spiro atoms. The van der Waals surface area contributed by atoms with Crippen molar-refractivity contribution in [1.82, 2.24) is 5.32 Å². The summed E-state index contributed by atoms with van der Waals surface area (Å²) in [6.45, 7) is 1.47. The number of benzene rings is 2. The van der Waals surface area contributed by atoms with Gasteiger partial charge in [0.2, 0.25) is 0 Å². The molecule has 136 valence electrons. The number of carbonyl (C=O) groups excluding carboxylic acids is 2. The van der Waals surface area contributed by atoms with Crippen LogP contribution in [-0.4, -0.2) is 23.9 Å². The molecule has 0 fully saturated rings. The lowest BCUT2D eigenvalue weighted by Crippen LogP contribution is -2.27. The van der Waals surface area contributed by atoms with Gasteiger partial charge < -0.3 is 10.1 Å². The zero-order valence-corrected chi connectivity index (χ0v) is 13.8. The van der Waals surface area contributed by atoms with Crippen molar-refractivity contribution < 1.29 is 28.0 Å². The number of non-ortho nitro benzene ring substituents is 1. The van der Waals surface area contributed by atoms with Gasteiger partial charge in [-0.3, -0.25) is 14.9 Å². The average molecular weight is 364 g/mol. The van der Waals surface area contributed by atoms with Crippen molar-refractivity contribution in [2.24, 2.45) is 0 Å². The van der Waals surface area contributed by atoms with E-state index in [1.807, 2.05) is 0 Å². The fourth-order valence-electron chi connectivity index (χ4n) is 2.29. The van der Waals surface area contributed by atoms with Crippen LogP contribution in [0.15, 0.2) is 36.4 Å². The van der Waals surface area contributed by atoms with Crippen molar-refractivity contribution in [2.45, 2.75) is 13.0 Å². The Labute approximate surface area is 146 Å². The van der Waals surface area contributed by atoms with E-state index in [9.17, 15) is 28.5 Å². The summed E-state index contributed by atoms with van der Waals surface area (Å²) in [6.07, 6.45) is 0. The highest BCUT2D eigenvalue weighted by Gasteiger charge is 2.20. The summed E-state index contributed by atoms with van der Waals surface area (Å²) in [5.74, 6) is -3.21. The van der Waals surface area contributed by atoms with Gasteiger partial charge in [-0.05, 0) is 19.1 Å². The van der Waals surface area contributed by atoms with E-state index in [4.69, 9.17) is 0 Å². The highest BCUT2D eigenvalue weighted by atomic mass is 19.1. The molecule has 0 saturated heterocycles. The maximum Gasteiger partial charge on any atom is 0.338 e. The molecule has 2 aromatic carbocycles. The van der Waals surface area contributed by atoms with Gasteiger partial charge in [-0.1, -0.05) is 6.07 Å². The van der Waals surface area contributed by atoms with E-state index in [1.165, 1.54) is 13.0 Å². The Morgan fingerprint density at radius 1 is 1.15 bits per heavy atom. The Bertz CT molecular complexity index is 885. The maximum atomic E-state index is 13.8. The summed E-state index contributed by atoms with van der Waals surface area (Å²) in [4.78, 5) is 34.2. The molecule has 2 aromatic rings. The highest BCUT2D eigenvalue weighted by Crippen LogP contribution is 2.21. The third-order valence-electron chi connectivity index (χ3n) is 3.59. The van der Waals surface area contributed by atoms with Crippen LogP contribution in [0.3, 0.4) is 0 Å². The van der Waals surface area contributed by atoms with E-state index in [2.05, 4.69) is 10.1 Å². The third-order valence-corrected chi connectivity index (χ3v) is 3.59. The fourth-order valence-corrected chi connectivity index (χ4v) is 2.29. The van der Waals surface area contributed by atoms with Crippen molar-refractivity contribution >= 4 is 17.6 Å². The van der Waals surface area contributed by atoms with Crippen molar-refractivity contribution in [3.8, 4) is 0 Å². The van der Waals surface area contributed by atoms with Crippen LogP contribution >= 0.6 is 0 Å². The molecule has 0 radical (unpaired) electrons. The lowest BCUT2D eigenvalue weighted by atomic mass is 10.1. The average Bonchev–Trinajstić information content (AvgIpc) is 2.60. The van der Waals surface area contributed by atoms with Gasteiger partial charge in [0.15, 0.2) is 0 Å². The van der Waals surface area contributed by atoms with Gasteiger partial charge in [-0.2, -0.15) is 0 Å². The summed E-state index contributed by atoms with van der Waals surface area (Å²) in [6, 6.07) is 5.15. The fraction of sp³-hybridized carbons (Fsp3) is 0.176. The molecule has 0 aliphatic carbocycles. The first-order valence-electron chi connectivity index (χ1n) is 7.36. The van der Waals surface area contributed by atoms with Gasteiger partial charge in [0.1, 0.15) is 11.6 Å². The Morgan fingerprint density at radius 2 is 1.81 bits per heavy atom. The number of carbonyl (C=O) groups is 2. The largest absolute Gasteiger partial charge is 0.465 e. The summed E-state index contributed by atoms with van der Waals surface area (Å²) < 4.78 is 31.3. The molecular weight excluding hydrogens is 350 g/mol. The molecule has 1 atom stereocenters. The SMILES string of the molecule is COC(=O)c1cc(C(=O)NC(C)c2ccc(F)cc2F)cc([N+](=O)[O-])c1. The number of nitrogens with zero attached hydrogens (tertiary/aromatic N) is 1. The van der Waals surface area contributed by atoms with Crippen LogP contribution in [0.4, 0.5) is 14.5 Å². The first-order valence-corrected chi connectivity index (χ1v) is 7.36. The number of hydrogen-bond donors (Lipinski definition) is 1. The zero-order valence-electron chi connectivity index (χ0n) is 13.8. The molecule has 0 bridgehead atoms. The number of hydrogen-bond acceptors (Lipinski definition) is 5. The van der Waals surface area contributed by atoms with E-state index in [0.717, 1.165) is 31.4 Å². The number of halogens is 2. The van der Waals surface area contributed by atoms with Crippen LogP contribution in [0, 0.1) is 21.7 Å². The molecule has 9 heteroatoms. The minimum Gasteiger partial charge on any atom is -0.465 e. The number of nitro groups is 1. The third kappa shape index (κ3) is 4.18. The molecule has 0 aliphatic heterocycles. The second-order valence-corrected chi connectivity index (χ2v) is 5.38. The Balaban J connectivity index is 2.32. The van der Waals surface area contributed by atoms with Crippen LogP contribution in [0.5, 0.6) is 0 Å². The molecule has 1 amide bonds. The first kappa shape index (κ1) is 19.0. The molecule has 0 saturated carbocycles. The quantitative estimate of drug-likeness (QED) is 0.499. The van der Waals surface area contributed by atoms with E-state index < -0.39 is 40.2 Å². The van der Waals surface area contributed by atoms with Crippen LogP contribution < -0.4 is 5.32 Å². The van der Waals surface area contributed by atoms with Crippen LogP contribution in [0.2, 0.25) is 0 Å². The molecule has 0 aromatic heterocycles. The Morgan fingerprint density at radius 3 is 2.38 bits per heavy atom. The number of rotatable bonds is 5. The van der Waals surface area contributed by atoms with Gasteiger partial charge in [0.25, 0.3) is 11.6 Å². The van der Waals surface area contributed by atoms with Gasteiger partial charge >= 0.3 is 5.97 Å². The topological polar surface area (TPSA) is 98.5 Å². The minimum absolute atomic E-state index is 0.0402. The van der Waals surface area contributed by atoms with Crippen molar-refractivity contribution in [1.29, 1.82) is 0 Å². The van der Waals surface area contributed by atoms with E-state index in [-0.39, 0.29) is 16.7 Å². The number of esters is 1. The Kier molecular flexibility index (Phi) is 5.61. The highest BCUT2D eigenvalue weighted by molar-refractivity contribution is 5.99. The van der Waals surface area contributed by atoms with Gasteiger partial charge in [-0.25, -0.2) is 13.6 Å². The summed E-state index contributed by atoms with van der Waals surface area (Å²) in [7, 11) is 1.10. The summed E-state index contributed by atoms with van der Waals surface area (Å²) in [5, 5.41) is 13.4. The lowest BCUT2D eigenvalue weighted by molar-refractivity contribution is -0.384. The van der Waals surface area contributed by atoms with E-state index >= 15 is 0 Å². The maximum absolute atomic E-state index is 13.8. The molecule has 7 nitrogen and oxygen atoms in total. The van der Waals surface area contributed by atoms with Crippen molar-refractivity contribution in [3.63, 3.8) is 0 Å². The van der Waals surface area contributed by atoms with Gasteiger partial charge in [0.05, 0.1) is 23.6 Å². The van der Waals surface area contributed by atoms with Gasteiger partial charge in [0, 0.05) is 29.3 Å². The lowest BCUT2D eigenvalue weighted by Gasteiger charge is -2.15. The minimum atomic E-state index is -0.847. The summed E-state index contributed by atoms with van der Waals surface area (Å²) in [5.41, 5.74) is -0.779. The van der Waals surface area contributed by atoms with Crippen LogP contribution in [-0.2, 0) is 4.74 Å². The van der Waals surface area contributed by atoms with Crippen molar-refractivity contribution in [2.75, 3.05) is 7.11 Å². The number of nitrogens with one attached hydrogen (secondary N) is 1. The first-order chi connectivity index (χ1) is 12.2. The summed E-state index contributed by atoms with van der Waals surface area (Å²) >= 11 is 0. The predicted octanol–water partition coefficient (Wildman–Crippen LogP) is 3.15. The Hall–Kier alpha value is -3.36. The second-order valence-electron chi connectivity index (χ2n) is 5.38. The van der Waals surface area contributed by atoms with E-state index in [0.29, 0.717) is 6.07 Å². The molecular formula is C17H14F2N2O5. The van der Waals surface area contributed by atoms with Crippen molar-refractivity contribution in [3.05, 3.63) is 74.8 Å². The molecule has 0 aliphatic rings. The van der Waals surface area contributed by atoms with Gasteiger partial charge in [-0.15, -0.1) is 0 Å². The predicted molar refractivity (Wildman–Crippen MR) is 86.7 cm³/mol. The molecule has 2 rings (SSSR count). The number of amides is 1. The molecule has 0 heterocycles. The van der Waals surface area contributed by atoms with Crippen LogP contribution in [0.25, 0.3) is 0 Å². The molecule has 26 heavy (non-hydrogen) atoms. The number of methoxy groups -OCH3 is 1. The smallest absolute Gasteiger partial charge is 0.338 e. The zero-order chi connectivity index (χ0) is 19.4. The van der Waals surface area contributed by atoms with Crippen LogP contribution in [0.1, 0.15) is 39.2 Å². The number of ether oxygens (including phenoxy) is 1. The molecule has 1 N–H and O–H groups in total. The monoisotopic (exact) mass is 364 g/mol. The second kappa shape index (κ2) is 7.68. The standard InChI is InChI=1S/C17H14F2N2O5/c1-9(14-4-3-12(18)8-15(14)19)20-16(22)10-5-11(17(23)26-2)7-13(6-10)21(24)25/h3-9H,1-2H3,(H,20,22). The molecule has 1 unspecified atom stereocenters. The van der Waals surface area contributed by atoms with E-state index in [1.54, 1.807) is 0 Å².